The van der Waals surface area contributed by atoms with E-state index in [9.17, 15) is 0 Å². The summed E-state index contributed by atoms with van der Waals surface area (Å²) in [4.78, 5) is 0. The van der Waals surface area contributed by atoms with Crippen LogP contribution in [0, 0.1) is 0 Å². The fraction of sp³-hybridized carbons (Fsp3) is 0.364. The van der Waals surface area contributed by atoms with E-state index in [-0.39, 0.29) is 6.04 Å². The largest absolute Gasteiger partial charge is 0.497 e. The molecular formula is C11H14BrN5O. The molecule has 7 heteroatoms. The van der Waals surface area contributed by atoms with Crippen molar-refractivity contribution in [3.05, 3.63) is 34.1 Å². The second-order valence-electron chi connectivity index (χ2n) is 3.83. The minimum Gasteiger partial charge on any atom is -0.497 e. The van der Waals surface area contributed by atoms with Crippen LogP contribution < -0.4 is 10.1 Å². The van der Waals surface area contributed by atoms with Crippen LogP contribution in [0.4, 0.5) is 0 Å². The van der Waals surface area contributed by atoms with E-state index in [2.05, 4.69) is 41.9 Å². The summed E-state index contributed by atoms with van der Waals surface area (Å²) in [5, 5.41) is 17.2. The minimum absolute atomic E-state index is 0.0295. The normalized spacial score (nSPS) is 12.4. The van der Waals surface area contributed by atoms with E-state index in [0.29, 0.717) is 12.4 Å². The topological polar surface area (TPSA) is 75.7 Å². The van der Waals surface area contributed by atoms with Gasteiger partial charge in [-0.25, -0.2) is 0 Å². The first-order chi connectivity index (χ1) is 8.70. The van der Waals surface area contributed by atoms with Gasteiger partial charge >= 0.3 is 0 Å². The number of hydrogen-bond acceptors (Lipinski definition) is 5. The Morgan fingerprint density at radius 1 is 1.50 bits per heavy atom. The van der Waals surface area contributed by atoms with Gasteiger partial charge in [0.1, 0.15) is 5.75 Å². The van der Waals surface area contributed by atoms with Crippen molar-refractivity contribution >= 4 is 15.9 Å². The molecule has 0 aliphatic carbocycles. The fourth-order valence-corrected chi connectivity index (χ4v) is 1.91. The molecule has 1 unspecified atom stereocenters. The first kappa shape index (κ1) is 13.0. The molecule has 0 spiro atoms. The number of tetrazole rings is 1. The number of methoxy groups -OCH3 is 1. The lowest BCUT2D eigenvalue weighted by Crippen LogP contribution is -2.19. The summed E-state index contributed by atoms with van der Waals surface area (Å²) in [7, 11) is 1.66. The molecule has 18 heavy (non-hydrogen) atoms. The number of ether oxygens (including phenoxy) is 1. The number of nitrogens with one attached hydrogen (secondary N) is 2. The van der Waals surface area contributed by atoms with Crippen molar-refractivity contribution < 1.29 is 4.74 Å². The number of aromatic nitrogens is 4. The van der Waals surface area contributed by atoms with E-state index in [1.165, 1.54) is 0 Å². The fourth-order valence-electron chi connectivity index (χ4n) is 1.52. The first-order valence-electron chi connectivity index (χ1n) is 5.50. The summed E-state index contributed by atoms with van der Waals surface area (Å²) in [6, 6.07) is 5.90. The number of H-pyrrole nitrogens is 1. The molecular weight excluding hydrogens is 298 g/mol. The standard InChI is InChI=1S/C11H14BrN5O/c1-7(11-14-16-17-15-11)13-6-8-5-9(18-2)3-4-10(8)12/h3-5,7,13H,6H2,1-2H3,(H,14,15,16,17). The van der Waals surface area contributed by atoms with Crippen LogP contribution in [0.2, 0.25) is 0 Å². The van der Waals surface area contributed by atoms with Crippen LogP contribution in [-0.2, 0) is 6.54 Å². The Balaban J connectivity index is 2.01. The van der Waals surface area contributed by atoms with Gasteiger partial charge in [0.15, 0.2) is 5.82 Å². The van der Waals surface area contributed by atoms with Gasteiger partial charge in [-0.2, -0.15) is 5.21 Å². The number of aromatic amines is 1. The van der Waals surface area contributed by atoms with Gasteiger partial charge in [-0.1, -0.05) is 21.1 Å². The third-order valence-electron chi connectivity index (χ3n) is 2.60. The molecule has 0 fully saturated rings. The van der Waals surface area contributed by atoms with Crippen molar-refractivity contribution in [2.45, 2.75) is 19.5 Å². The highest BCUT2D eigenvalue weighted by Crippen LogP contribution is 2.22. The van der Waals surface area contributed by atoms with Crippen molar-refractivity contribution in [2.75, 3.05) is 7.11 Å². The molecule has 0 saturated carbocycles. The van der Waals surface area contributed by atoms with Crippen molar-refractivity contribution in [3.8, 4) is 5.75 Å². The lowest BCUT2D eigenvalue weighted by Gasteiger charge is -2.12. The molecule has 1 aromatic heterocycles. The van der Waals surface area contributed by atoms with Crippen molar-refractivity contribution in [1.29, 1.82) is 0 Å². The monoisotopic (exact) mass is 311 g/mol. The van der Waals surface area contributed by atoms with Gasteiger partial charge in [0.05, 0.1) is 13.2 Å². The molecule has 0 saturated heterocycles. The van der Waals surface area contributed by atoms with Crippen LogP contribution in [0.25, 0.3) is 0 Å². The highest BCUT2D eigenvalue weighted by molar-refractivity contribution is 9.10. The van der Waals surface area contributed by atoms with E-state index in [1.807, 2.05) is 25.1 Å². The van der Waals surface area contributed by atoms with Crippen LogP contribution >= 0.6 is 15.9 Å². The third-order valence-corrected chi connectivity index (χ3v) is 3.37. The SMILES string of the molecule is COc1ccc(Br)c(CNC(C)c2nn[nH]n2)c1. The zero-order valence-corrected chi connectivity index (χ0v) is 11.7. The lowest BCUT2D eigenvalue weighted by atomic mass is 10.2. The van der Waals surface area contributed by atoms with Crippen LogP contribution in [0.5, 0.6) is 5.75 Å². The molecule has 1 heterocycles. The smallest absolute Gasteiger partial charge is 0.191 e. The Labute approximate surface area is 113 Å². The molecule has 2 rings (SSSR count). The third kappa shape index (κ3) is 3.05. The molecule has 2 aromatic rings. The molecule has 0 amide bonds. The summed E-state index contributed by atoms with van der Waals surface area (Å²) in [5.74, 6) is 1.48. The van der Waals surface area contributed by atoms with Gasteiger partial charge in [-0.05, 0) is 30.7 Å². The molecule has 96 valence electrons. The van der Waals surface area contributed by atoms with Gasteiger partial charge in [-0.3, -0.25) is 0 Å². The second kappa shape index (κ2) is 5.92. The number of hydrogen-bond donors (Lipinski definition) is 2. The van der Waals surface area contributed by atoms with Crippen molar-refractivity contribution in [2.24, 2.45) is 0 Å². The lowest BCUT2D eigenvalue weighted by molar-refractivity contribution is 0.413. The first-order valence-corrected chi connectivity index (χ1v) is 6.29. The predicted molar refractivity (Wildman–Crippen MR) is 70.1 cm³/mol. The molecule has 6 nitrogen and oxygen atoms in total. The quantitative estimate of drug-likeness (QED) is 0.881. The predicted octanol–water partition coefficient (Wildman–Crippen LogP) is 1.82. The average molecular weight is 312 g/mol. The summed E-state index contributed by atoms with van der Waals surface area (Å²) in [5.41, 5.74) is 1.12. The molecule has 0 aliphatic rings. The molecule has 0 bridgehead atoms. The van der Waals surface area contributed by atoms with Crippen molar-refractivity contribution in [1.82, 2.24) is 25.9 Å². The van der Waals surface area contributed by atoms with Gasteiger partial charge in [0, 0.05) is 11.0 Å². The Hall–Kier alpha value is -1.47. The summed E-state index contributed by atoms with van der Waals surface area (Å²) in [6.07, 6.45) is 0. The molecule has 1 aromatic carbocycles. The maximum absolute atomic E-state index is 5.20. The maximum Gasteiger partial charge on any atom is 0.191 e. The van der Waals surface area contributed by atoms with Crippen LogP contribution in [0.1, 0.15) is 24.4 Å². The maximum atomic E-state index is 5.20. The Morgan fingerprint density at radius 2 is 2.33 bits per heavy atom. The van der Waals surface area contributed by atoms with E-state index < -0.39 is 0 Å². The molecule has 1 atom stereocenters. The van der Waals surface area contributed by atoms with Gasteiger partial charge < -0.3 is 10.1 Å². The van der Waals surface area contributed by atoms with E-state index in [4.69, 9.17) is 4.74 Å². The number of nitrogens with zero attached hydrogens (tertiary/aromatic N) is 3. The van der Waals surface area contributed by atoms with Crippen molar-refractivity contribution in [3.63, 3.8) is 0 Å². The minimum atomic E-state index is 0.0295. The summed E-state index contributed by atoms with van der Waals surface area (Å²) < 4.78 is 6.24. The zero-order chi connectivity index (χ0) is 13.0. The molecule has 2 N–H and O–H groups in total. The molecule has 0 aliphatic heterocycles. The second-order valence-corrected chi connectivity index (χ2v) is 4.68. The Bertz CT molecular complexity index is 502. The van der Waals surface area contributed by atoms with Crippen LogP contribution in [0.15, 0.2) is 22.7 Å². The zero-order valence-electron chi connectivity index (χ0n) is 10.1. The molecule has 0 radical (unpaired) electrons. The Morgan fingerprint density at radius 3 is 3.00 bits per heavy atom. The van der Waals surface area contributed by atoms with Gasteiger partial charge in [0.2, 0.25) is 0 Å². The van der Waals surface area contributed by atoms with E-state index >= 15 is 0 Å². The van der Waals surface area contributed by atoms with E-state index in [1.54, 1.807) is 7.11 Å². The average Bonchev–Trinajstić information content (AvgIpc) is 2.91. The van der Waals surface area contributed by atoms with Crippen LogP contribution in [-0.4, -0.2) is 27.7 Å². The van der Waals surface area contributed by atoms with Gasteiger partial charge in [0.25, 0.3) is 0 Å². The number of rotatable bonds is 5. The van der Waals surface area contributed by atoms with E-state index in [0.717, 1.165) is 15.8 Å². The highest BCUT2D eigenvalue weighted by atomic mass is 79.9. The summed E-state index contributed by atoms with van der Waals surface area (Å²) >= 11 is 3.51. The highest BCUT2D eigenvalue weighted by Gasteiger charge is 2.10. The number of halogens is 1. The Kier molecular flexibility index (Phi) is 4.27. The number of benzene rings is 1. The summed E-state index contributed by atoms with van der Waals surface area (Å²) in [6.45, 7) is 2.67. The van der Waals surface area contributed by atoms with Crippen LogP contribution in [0.3, 0.4) is 0 Å². The van der Waals surface area contributed by atoms with Gasteiger partial charge in [-0.15, -0.1) is 10.2 Å².